The molecule has 1 unspecified atom stereocenters. The number of halogens is 1. The summed E-state index contributed by atoms with van der Waals surface area (Å²) >= 11 is 3.03. The predicted octanol–water partition coefficient (Wildman–Crippen LogP) is 5.56. The van der Waals surface area contributed by atoms with E-state index >= 15 is 0 Å². The molecule has 1 saturated carbocycles. The van der Waals surface area contributed by atoms with Gasteiger partial charge in [0.15, 0.2) is 4.34 Å². The number of carbonyl (C=O) groups is 1. The van der Waals surface area contributed by atoms with Crippen LogP contribution in [0.25, 0.3) is 0 Å². The average molecular weight is 401 g/mol. The van der Waals surface area contributed by atoms with Crippen molar-refractivity contribution in [2.45, 2.75) is 22.4 Å². The Morgan fingerprint density at radius 2 is 1.93 bits per heavy atom. The number of anilines is 2. The van der Waals surface area contributed by atoms with E-state index < -0.39 is 11.8 Å². The second-order valence-corrected chi connectivity index (χ2v) is 8.62. The van der Waals surface area contributed by atoms with Crippen molar-refractivity contribution in [2.75, 3.05) is 10.6 Å². The van der Waals surface area contributed by atoms with Gasteiger partial charge in [-0.2, -0.15) is 0 Å². The van der Waals surface area contributed by atoms with Crippen LogP contribution in [-0.2, 0) is 0 Å². The fourth-order valence-electron chi connectivity index (χ4n) is 2.72. The zero-order valence-corrected chi connectivity index (χ0v) is 15.9. The molecule has 8 heteroatoms. The molecule has 0 radical (unpaired) electrons. The van der Waals surface area contributed by atoms with Crippen LogP contribution in [0.15, 0.2) is 58.9 Å². The van der Waals surface area contributed by atoms with E-state index in [4.69, 9.17) is 0 Å². The third kappa shape index (κ3) is 4.84. The molecule has 27 heavy (non-hydrogen) atoms. The number of benzene rings is 2. The van der Waals surface area contributed by atoms with Crippen molar-refractivity contribution in [1.82, 2.24) is 10.2 Å². The quantitative estimate of drug-likeness (QED) is 0.420. The van der Waals surface area contributed by atoms with Crippen LogP contribution in [0.1, 0.15) is 23.7 Å². The molecule has 0 bridgehead atoms. The zero-order valence-electron chi connectivity index (χ0n) is 14.3. The minimum absolute atomic E-state index is 0.355. The highest BCUT2D eigenvalue weighted by molar-refractivity contribution is 8.01. The molecule has 5 nitrogen and oxygen atoms in total. The van der Waals surface area contributed by atoms with E-state index in [-0.39, 0.29) is 0 Å². The van der Waals surface area contributed by atoms with Gasteiger partial charge in [0.1, 0.15) is 5.82 Å². The molecular weight excluding hydrogens is 383 g/mol. The van der Waals surface area contributed by atoms with Gasteiger partial charge in [0.25, 0.3) is 0 Å². The first kappa shape index (κ1) is 17.9. The summed E-state index contributed by atoms with van der Waals surface area (Å²) in [4.78, 5) is 12.1. The molecule has 1 aliphatic rings. The van der Waals surface area contributed by atoms with Crippen LogP contribution < -0.4 is 10.6 Å². The molecule has 0 saturated heterocycles. The van der Waals surface area contributed by atoms with Gasteiger partial charge in [-0.3, -0.25) is 5.32 Å². The maximum Gasteiger partial charge on any atom is 0.325 e. The van der Waals surface area contributed by atoms with Gasteiger partial charge in [-0.25, -0.2) is 9.18 Å². The standard InChI is InChI=1S/C19H17FN4OS2/c20-14-7-4-8-15(11-14)21-17(25)22-18-23-24-19(27-18)26-16(13-9-10-13)12-5-2-1-3-6-12/h1-8,11,13,16H,9-10H2,(H2,21,22,23,25). The Balaban J connectivity index is 1.38. The number of nitrogens with zero attached hydrogens (tertiary/aromatic N) is 2. The van der Waals surface area contributed by atoms with Crippen molar-refractivity contribution in [3.63, 3.8) is 0 Å². The molecule has 2 aromatic carbocycles. The molecule has 1 atom stereocenters. The lowest BCUT2D eigenvalue weighted by Crippen LogP contribution is -2.19. The van der Waals surface area contributed by atoms with E-state index in [1.54, 1.807) is 17.8 Å². The van der Waals surface area contributed by atoms with Gasteiger partial charge in [-0.05, 0) is 42.5 Å². The Labute approximate surface area is 164 Å². The Morgan fingerprint density at radius 1 is 1.11 bits per heavy atom. The van der Waals surface area contributed by atoms with E-state index in [2.05, 4.69) is 45.1 Å². The summed E-state index contributed by atoms with van der Waals surface area (Å²) in [5.74, 6) is 0.253. The van der Waals surface area contributed by atoms with E-state index in [1.165, 1.54) is 47.9 Å². The molecule has 4 rings (SSSR count). The maximum absolute atomic E-state index is 13.2. The minimum atomic E-state index is -0.477. The van der Waals surface area contributed by atoms with E-state index in [1.807, 2.05) is 6.07 Å². The summed E-state index contributed by atoms with van der Waals surface area (Å²) in [6.45, 7) is 0. The van der Waals surface area contributed by atoms with Gasteiger partial charge < -0.3 is 5.32 Å². The molecule has 3 aromatic rings. The molecule has 1 heterocycles. The molecular formula is C19H17FN4OS2. The van der Waals surface area contributed by atoms with Crippen molar-refractivity contribution in [3.8, 4) is 0 Å². The minimum Gasteiger partial charge on any atom is -0.308 e. The Kier molecular flexibility index (Phi) is 5.35. The molecule has 2 N–H and O–H groups in total. The van der Waals surface area contributed by atoms with Crippen LogP contribution in [0.5, 0.6) is 0 Å². The number of hydrogen-bond acceptors (Lipinski definition) is 5. The van der Waals surface area contributed by atoms with Crippen LogP contribution in [0.3, 0.4) is 0 Å². The summed E-state index contributed by atoms with van der Waals surface area (Å²) in [7, 11) is 0. The lowest BCUT2D eigenvalue weighted by atomic mass is 10.1. The van der Waals surface area contributed by atoms with Crippen molar-refractivity contribution in [1.29, 1.82) is 0 Å². The number of aromatic nitrogens is 2. The highest BCUT2D eigenvalue weighted by Crippen LogP contribution is 2.51. The number of hydrogen-bond donors (Lipinski definition) is 2. The van der Waals surface area contributed by atoms with Crippen molar-refractivity contribution in [2.24, 2.45) is 5.92 Å². The van der Waals surface area contributed by atoms with Gasteiger partial charge in [0.05, 0.1) is 0 Å². The third-order valence-corrected chi connectivity index (χ3v) is 6.48. The fraction of sp³-hybridized carbons (Fsp3) is 0.211. The number of nitrogens with one attached hydrogen (secondary N) is 2. The van der Waals surface area contributed by atoms with E-state index in [0.717, 1.165) is 4.34 Å². The van der Waals surface area contributed by atoms with Gasteiger partial charge >= 0.3 is 6.03 Å². The van der Waals surface area contributed by atoms with E-state index in [0.29, 0.717) is 22.0 Å². The zero-order chi connectivity index (χ0) is 18.6. The fourth-order valence-corrected chi connectivity index (χ4v) is 5.00. The summed E-state index contributed by atoms with van der Waals surface area (Å²) in [6, 6.07) is 15.6. The maximum atomic E-state index is 13.2. The first-order valence-corrected chi connectivity index (χ1v) is 10.3. The normalized spacial score (nSPS) is 14.6. The SMILES string of the molecule is O=C(Nc1cccc(F)c1)Nc1nnc(SC(c2ccccc2)C2CC2)s1. The molecule has 0 aliphatic heterocycles. The van der Waals surface area contributed by atoms with Crippen LogP contribution in [0.4, 0.5) is 20.0 Å². The monoisotopic (exact) mass is 400 g/mol. The number of thioether (sulfide) groups is 1. The lowest BCUT2D eigenvalue weighted by Gasteiger charge is -2.14. The molecule has 1 fully saturated rings. The predicted molar refractivity (Wildman–Crippen MR) is 107 cm³/mol. The molecule has 2 amide bonds. The molecule has 138 valence electrons. The highest BCUT2D eigenvalue weighted by Gasteiger charge is 2.33. The van der Waals surface area contributed by atoms with Crippen molar-refractivity contribution in [3.05, 3.63) is 66.0 Å². The van der Waals surface area contributed by atoms with E-state index in [9.17, 15) is 9.18 Å². The second-order valence-electron chi connectivity index (χ2n) is 6.25. The number of carbonyl (C=O) groups excluding carboxylic acids is 1. The van der Waals surface area contributed by atoms with Crippen LogP contribution in [-0.4, -0.2) is 16.2 Å². The van der Waals surface area contributed by atoms with Crippen LogP contribution >= 0.6 is 23.1 Å². The molecule has 1 aliphatic carbocycles. The molecule has 1 aromatic heterocycles. The topological polar surface area (TPSA) is 66.9 Å². The summed E-state index contributed by atoms with van der Waals surface area (Å²) in [5, 5.41) is 14.2. The summed E-state index contributed by atoms with van der Waals surface area (Å²) in [6.07, 6.45) is 2.46. The Hall–Kier alpha value is -2.45. The Bertz CT molecular complexity index is 930. The smallest absolute Gasteiger partial charge is 0.308 e. The number of urea groups is 1. The number of amides is 2. The van der Waals surface area contributed by atoms with Gasteiger partial charge in [0, 0.05) is 10.9 Å². The van der Waals surface area contributed by atoms with Crippen molar-refractivity contribution >= 4 is 39.9 Å². The van der Waals surface area contributed by atoms with Crippen LogP contribution in [0.2, 0.25) is 0 Å². The van der Waals surface area contributed by atoms with Gasteiger partial charge in [0.2, 0.25) is 5.13 Å². The highest BCUT2D eigenvalue weighted by atomic mass is 32.2. The number of rotatable bonds is 6. The second kappa shape index (κ2) is 8.06. The summed E-state index contributed by atoms with van der Waals surface area (Å²) < 4.78 is 14.0. The first-order valence-electron chi connectivity index (χ1n) is 8.56. The first-order chi connectivity index (χ1) is 13.2. The molecule has 0 spiro atoms. The average Bonchev–Trinajstić information content (AvgIpc) is 3.41. The lowest BCUT2D eigenvalue weighted by molar-refractivity contribution is 0.262. The van der Waals surface area contributed by atoms with Crippen LogP contribution in [0, 0.1) is 11.7 Å². The van der Waals surface area contributed by atoms with Crippen molar-refractivity contribution < 1.29 is 9.18 Å². The van der Waals surface area contributed by atoms with Gasteiger partial charge in [-0.1, -0.05) is 59.5 Å². The summed E-state index contributed by atoms with van der Waals surface area (Å²) in [5.41, 5.74) is 1.67. The largest absolute Gasteiger partial charge is 0.325 e. The third-order valence-electron chi connectivity index (χ3n) is 4.12. The van der Waals surface area contributed by atoms with Gasteiger partial charge in [-0.15, -0.1) is 10.2 Å². The Morgan fingerprint density at radius 3 is 2.67 bits per heavy atom.